The number of anilines is 1. The van der Waals surface area contributed by atoms with Gasteiger partial charge in [0.1, 0.15) is 23.2 Å². The maximum absolute atomic E-state index is 11.0. The molecule has 1 heterocycles. The molecule has 0 aliphatic heterocycles. The number of carbonyl (C=O) groups excluding carboxylic acids is 1. The van der Waals surface area contributed by atoms with Gasteiger partial charge in [-0.1, -0.05) is 11.6 Å². The van der Waals surface area contributed by atoms with E-state index in [1.54, 1.807) is 12.1 Å². The van der Waals surface area contributed by atoms with Gasteiger partial charge in [0.05, 0.1) is 11.1 Å². The highest BCUT2D eigenvalue weighted by molar-refractivity contribution is 6.31. The van der Waals surface area contributed by atoms with Crippen LogP contribution in [0.15, 0.2) is 6.07 Å². The molecule has 0 aromatic carbocycles. The predicted molar refractivity (Wildman–Crippen MR) is 58.0 cm³/mol. The number of halogens is 2. The van der Waals surface area contributed by atoms with E-state index in [9.17, 15) is 4.79 Å². The third-order valence-electron chi connectivity index (χ3n) is 1.60. The smallest absolute Gasteiger partial charge is 0.240 e. The van der Waals surface area contributed by atoms with Gasteiger partial charge in [-0.05, 0) is 6.07 Å². The third kappa shape index (κ3) is 2.60. The molecule has 0 aliphatic carbocycles. The lowest BCUT2D eigenvalue weighted by Gasteiger charge is -2.05. The number of pyridine rings is 1. The summed E-state index contributed by atoms with van der Waals surface area (Å²) in [6.45, 7) is 0. The van der Waals surface area contributed by atoms with E-state index < -0.39 is 5.91 Å². The van der Waals surface area contributed by atoms with Crippen LogP contribution in [-0.4, -0.2) is 16.8 Å². The first-order chi connectivity index (χ1) is 7.62. The first kappa shape index (κ1) is 12.3. The second-order valence-corrected chi connectivity index (χ2v) is 3.25. The van der Waals surface area contributed by atoms with Crippen molar-refractivity contribution < 1.29 is 4.79 Å². The van der Waals surface area contributed by atoms with Crippen molar-refractivity contribution in [1.29, 1.82) is 10.5 Å². The molecule has 0 saturated carbocycles. The third-order valence-corrected chi connectivity index (χ3v) is 2.13. The Morgan fingerprint density at radius 1 is 1.44 bits per heavy atom. The van der Waals surface area contributed by atoms with Crippen LogP contribution in [0.25, 0.3) is 0 Å². The molecule has 1 amide bonds. The minimum atomic E-state index is -0.508. The molecule has 0 saturated heterocycles. The maximum atomic E-state index is 11.0. The number of hydrogen-bond donors (Lipinski definition) is 1. The second kappa shape index (κ2) is 5.32. The van der Waals surface area contributed by atoms with Gasteiger partial charge < -0.3 is 5.32 Å². The number of hydrogen-bond acceptors (Lipinski definition) is 4. The van der Waals surface area contributed by atoms with Gasteiger partial charge in [0.15, 0.2) is 5.82 Å². The summed E-state index contributed by atoms with van der Waals surface area (Å²) in [5, 5.41) is 19.7. The Hall–Kier alpha value is -1.82. The van der Waals surface area contributed by atoms with Crippen molar-refractivity contribution in [2.24, 2.45) is 0 Å². The molecule has 0 atom stereocenters. The van der Waals surface area contributed by atoms with Gasteiger partial charge in [-0.25, -0.2) is 4.98 Å². The van der Waals surface area contributed by atoms with E-state index in [0.717, 1.165) is 0 Å². The average Bonchev–Trinajstić information content (AvgIpc) is 2.29. The molecule has 0 spiro atoms. The molecule has 0 fully saturated rings. The van der Waals surface area contributed by atoms with Gasteiger partial charge in [0, 0.05) is 0 Å². The largest absolute Gasteiger partial charge is 0.308 e. The molecule has 1 rings (SSSR count). The number of amides is 1. The minimum Gasteiger partial charge on any atom is -0.308 e. The number of nitrogens with one attached hydrogen (secondary N) is 1. The molecule has 1 N–H and O–H groups in total. The molecular formula is C9H4Cl2N4O. The maximum Gasteiger partial charge on any atom is 0.240 e. The Morgan fingerprint density at radius 3 is 2.56 bits per heavy atom. The lowest BCUT2D eigenvalue weighted by atomic mass is 10.2. The summed E-state index contributed by atoms with van der Waals surface area (Å²) in [6, 6.07) is 4.83. The highest BCUT2D eigenvalue weighted by Gasteiger charge is 2.12. The highest BCUT2D eigenvalue weighted by Crippen LogP contribution is 2.20. The zero-order valence-electron chi connectivity index (χ0n) is 7.79. The minimum absolute atomic E-state index is 0.00264. The van der Waals surface area contributed by atoms with Gasteiger partial charge in [0.25, 0.3) is 0 Å². The van der Waals surface area contributed by atoms with E-state index in [1.807, 2.05) is 0 Å². The molecule has 0 unspecified atom stereocenters. The summed E-state index contributed by atoms with van der Waals surface area (Å²) in [7, 11) is 0. The fourth-order valence-electron chi connectivity index (χ4n) is 0.915. The lowest BCUT2D eigenvalue weighted by Crippen LogP contribution is -2.15. The molecule has 7 heteroatoms. The Balaban J connectivity index is 3.21. The number of aromatic nitrogens is 1. The summed E-state index contributed by atoms with van der Waals surface area (Å²) < 4.78 is 0. The van der Waals surface area contributed by atoms with Crippen LogP contribution in [0, 0.1) is 22.7 Å². The van der Waals surface area contributed by atoms with Crippen molar-refractivity contribution in [3.63, 3.8) is 0 Å². The summed E-state index contributed by atoms with van der Waals surface area (Å²) in [5.74, 6) is -0.770. The van der Waals surface area contributed by atoms with Crippen molar-refractivity contribution in [2.75, 3.05) is 11.2 Å². The molecule has 0 bridgehead atoms. The monoisotopic (exact) mass is 254 g/mol. The number of nitriles is 2. The van der Waals surface area contributed by atoms with Crippen molar-refractivity contribution in [2.45, 2.75) is 0 Å². The topological polar surface area (TPSA) is 89.6 Å². The SMILES string of the molecule is N#Cc1cc(C#N)c(NC(=O)CCl)nc1Cl. The first-order valence-corrected chi connectivity index (χ1v) is 4.90. The zero-order valence-corrected chi connectivity index (χ0v) is 9.30. The van der Waals surface area contributed by atoms with Crippen molar-refractivity contribution in [3.8, 4) is 12.1 Å². The molecule has 80 valence electrons. The highest BCUT2D eigenvalue weighted by atomic mass is 35.5. The van der Waals surface area contributed by atoms with Gasteiger partial charge in [0.2, 0.25) is 5.91 Å². The van der Waals surface area contributed by atoms with Gasteiger partial charge >= 0.3 is 0 Å². The summed E-state index contributed by atoms with van der Waals surface area (Å²) in [4.78, 5) is 14.7. The first-order valence-electron chi connectivity index (χ1n) is 3.99. The van der Waals surface area contributed by atoms with Crippen molar-refractivity contribution in [3.05, 3.63) is 22.3 Å². The predicted octanol–water partition coefficient (Wildman–Crippen LogP) is 1.66. The van der Waals surface area contributed by atoms with Crippen LogP contribution < -0.4 is 5.32 Å². The Kier molecular flexibility index (Phi) is 4.07. The van der Waals surface area contributed by atoms with Crippen LogP contribution in [-0.2, 0) is 4.79 Å². The zero-order chi connectivity index (χ0) is 12.1. The van der Waals surface area contributed by atoms with Gasteiger partial charge in [-0.3, -0.25) is 4.79 Å². The number of nitrogens with zero attached hydrogens (tertiary/aromatic N) is 3. The normalized spacial score (nSPS) is 9.00. The Labute approximate surface area is 101 Å². The van der Waals surface area contributed by atoms with Crippen LogP contribution >= 0.6 is 23.2 Å². The molecule has 1 aromatic rings. The fraction of sp³-hybridized carbons (Fsp3) is 0.111. The van der Waals surface area contributed by atoms with Crippen LogP contribution in [0.3, 0.4) is 0 Å². The van der Waals surface area contributed by atoms with E-state index >= 15 is 0 Å². The van der Waals surface area contributed by atoms with E-state index in [0.29, 0.717) is 0 Å². The summed E-state index contributed by atoms with van der Waals surface area (Å²) in [6.07, 6.45) is 0. The second-order valence-electron chi connectivity index (χ2n) is 2.63. The number of alkyl halides is 1. The van der Waals surface area contributed by atoms with E-state index in [4.69, 9.17) is 33.7 Å². The van der Waals surface area contributed by atoms with E-state index in [-0.39, 0.29) is 28.0 Å². The Morgan fingerprint density at radius 2 is 2.06 bits per heavy atom. The average molecular weight is 255 g/mol. The standard InChI is InChI=1S/C9H4Cl2N4O/c10-2-7(16)14-9-6(4-13)1-5(3-12)8(11)15-9/h1H,2H2,(H,14,15,16). The fourth-order valence-corrected chi connectivity index (χ4v) is 1.16. The van der Waals surface area contributed by atoms with Crippen LogP contribution in [0.1, 0.15) is 11.1 Å². The summed E-state index contributed by atoms with van der Waals surface area (Å²) in [5.41, 5.74) is 0.126. The number of rotatable bonds is 2. The van der Waals surface area contributed by atoms with Gasteiger partial charge in [-0.15, -0.1) is 11.6 Å². The van der Waals surface area contributed by atoms with Crippen LogP contribution in [0.4, 0.5) is 5.82 Å². The van der Waals surface area contributed by atoms with Gasteiger partial charge in [-0.2, -0.15) is 10.5 Å². The summed E-state index contributed by atoms with van der Waals surface area (Å²) >= 11 is 10.9. The Bertz CT molecular complexity index is 515. The van der Waals surface area contributed by atoms with Crippen molar-refractivity contribution >= 4 is 34.9 Å². The molecule has 16 heavy (non-hydrogen) atoms. The van der Waals surface area contributed by atoms with E-state index in [2.05, 4.69) is 10.3 Å². The quantitative estimate of drug-likeness (QED) is 0.642. The van der Waals surface area contributed by atoms with E-state index in [1.165, 1.54) is 6.07 Å². The van der Waals surface area contributed by atoms with Crippen LogP contribution in [0.2, 0.25) is 5.15 Å². The van der Waals surface area contributed by atoms with Crippen molar-refractivity contribution in [1.82, 2.24) is 4.98 Å². The lowest BCUT2D eigenvalue weighted by molar-refractivity contribution is -0.113. The molecule has 0 radical (unpaired) electrons. The van der Waals surface area contributed by atoms with Crippen LogP contribution in [0.5, 0.6) is 0 Å². The molecule has 5 nitrogen and oxygen atoms in total. The number of carbonyl (C=O) groups is 1. The molecular weight excluding hydrogens is 251 g/mol. The molecule has 0 aliphatic rings. The molecule has 1 aromatic heterocycles.